The van der Waals surface area contributed by atoms with E-state index in [9.17, 15) is 8.78 Å². The summed E-state index contributed by atoms with van der Waals surface area (Å²) in [5, 5.41) is 0. The average molecular weight is 237 g/mol. The topological polar surface area (TPSA) is 38.9 Å². The summed E-state index contributed by atoms with van der Waals surface area (Å²) < 4.78 is 24.8. The third-order valence-corrected chi connectivity index (χ3v) is 2.04. The van der Waals surface area contributed by atoms with Crippen molar-refractivity contribution in [3.63, 3.8) is 0 Å². The first-order valence-corrected chi connectivity index (χ1v) is 4.02. The van der Waals surface area contributed by atoms with Crippen LogP contribution >= 0.6 is 15.9 Å². The third-order valence-electron chi connectivity index (χ3n) is 1.38. The van der Waals surface area contributed by atoms with Crippen molar-refractivity contribution in [1.82, 2.24) is 4.98 Å². The lowest BCUT2D eigenvalue weighted by molar-refractivity contribution is 0.151. The maximum absolute atomic E-state index is 12.3. The molecule has 2 N–H and O–H groups in total. The van der Waals surface area contributed by atoms with Crippen molar-refractivity contribution in [2.24, 2.45) is 0 Å². The summed E-state index contributed by atoms with van der Waals surface area (Å²) in [7, 11) is 0. The fraction of sp³-hybridized carbons (Fsp3) is 0.286. The van der Waals surface area contributed by atoms with Crippen molar-refractivity contribution in [3.8, 4) is 0 Å². The molecule has 12 heavy (non-hydrogen) atoms. The van der Waals surface area contributed by atoms with Crippen LogP contribution in [-0.2, 0) is 0 Å². The molecule has 0 aliphatic carbocycles. The first kappa shape index (κ1) is 9.38. The van der Waals surface area contributed by atoms with Crippen LogP contribution in [0.25, 0.3) is 0 Å². The highest BCUT2D eigenvalue weighted by Crippen LogP contribution is 2.31. The molecule has 1 aromatic rings. The molecule has 1 rings (SSSR count). The van der Waals surface area contributed by atoms with Gasteiger partial charge in [-0.2, -0.15) is 0 Å². The lowest BCUT2D eigenvalue weighted by Gasteiger charge is -2.06. The number of halogens is 3. The van der Waals surface area contributed by atoms with Crippen LogP contribution in [-0.4, -0.2) is 4.98 Å². The minimum atomic E-state index is -2.59. The van der Waals surface area contributed by atoms with Crippen LogP contribution in [0.1, 0.15) is 17.7 Å². The molecule has 0 unspecified atom stereocenters. The maximum Gasteiger partial charge on any atom is 0.268 e. The molecule has 0 radical (unpaired) electrons. The number of hydrogen-bond acceptors (Lipinski definition) is 2. The van der Waals surface area contributed by atoms with Crippen LogP contribution in [0.15, 0.2) is 10.5 Å². The number of nitrogens with two attached hydrogens (primary N) is 1. The van der Waals surface area contributed by atoms with E-state index in [0.717, 1.165) is 0 Å². The first-order valence-electron chi connectivity index (χ1n) is 3.23. The zero-order valence-corrected chi connectivity index (χ0v) is 7.90. The second-order valence-electron chi connectivity index (χ2n) is 2.35. The summed E-state index contributed by atoms with van der Waals surface area (Å²) in [5.41, 5.74) is 5.68. The van der Waals surface area contributed by atoms with Gasteiger partial charge in [0.2, 0.25) is 0 Å². The number of hydrogen-bond donors (Lipinski definition) is 1. The fourth-order valence-electron chi connectivity index (χ4n) is 0.882. The van der Waals surface area contributed by atoms with Gasteiger partial charge in [0, 0.05) is 10.2 Å². The van der Waals surface area contributed by atoms with Gasteiger partial charge in [0.25, 0.3) is 6.43 Å². The zero-order chi connectivity index (χ0) is 9.30. The van der Waals surface area contributed by atoms with E-state index < -0.39 is 6.43 Å². The Morgan fingerprint density at radius 1 is 1.58 bits per heavy atom. The summed E-state index contributed by atoms with van der Waals surface area (Å²) >= 11 is 3.00. The third kappa shape index (κ3) is 1.72. The lowest BCUT2D eigenvalue weighted by Crippen LogP contribution is -2.00. The minimum Gasteiger partial charge on any atom is -0.383 e. The van der Waals surface area contributed by atoms with Crippen molar-refractivity contribution < 1.29 is 8.78 Å². The lowest BCUT2D eigenvalue weighted by atomic mass is 10.2. The monoisotopic (exact) mass is 236 g/mol. The van der Waals surface area contributed by atoms with Crippen LogP contribution in [0.5, 0.6) is 0 Å². The van der Waals surface area contributed by atoms with E-state index in [2.05, 4.69) is 20.9 Å². The van der Waals surface area contributed by atoms with Crippen LogP contribution in [0.4, 0.5) is 14.6 Å². The van der Waals surface area contributed by atoms with E-state index in [1.54, 1.807) is 6.92 Å². The van der Waals surface area contributed by atoms with E-state index >= 15 is 0 Å². The van der Waals surface area contributed by atoms with Gasteiger partial charge in [0.15, 0.2) is 0 Å². The Labute approximate surface area is 76.9 Å². The molecular weight excluding hydrogens is 230 g/mol. The number of nitrogen functional groups attached to an aromatic ring is 1. The molecule has 0 saturated carbocycles. The van der Waals surface area contributed by atoms with Crippen molar-refractivity contribution in [3.05, 3.63) is 21.8 Å². The second kappa shape index (κ2) is 3.35. The molecule has 0 bridgehead atoms. The molecule has 0 aliphatic rings. The van der Waals surface area contributed by atoms with Gasteiger partial charge in [0.1, 0.15) is 5.82 Å². The van der Waals surface area contributed by atoms with Crippen molar-refractivity contribution in [1.29, 1.82) is 0 Å². The largest absolute Gasteiger partial charge is 0.383 e. The molecule has 1 aromatic heterocycles. The van der Waals surface area contributed by atoms with Gasteiger partial charge in [-0.1, -0.05) is 15.9 Å². The van der Waals surface area contributed by atoms with Crippen molar-refractivity contribution in [2.75, 3.05) is 5.73 Å². The van der Waals surface area contributed by atoms with Gasteiger partial charge in [-0.05, 0) is 13.0 Å². The predicted molar refractivity (Wildman–Crippen MR) is 46.0 cm³/mol. The van der Waals surface area contributed by atoms with E-state index in [1.165, 1.54) is 6.07 Å². The summed E-state index contributed by atoms with van der Waals surface area (Å²) in [6, 6.07) is 1.51. The van der Waals surface area contributed by atoms with Crippen LogP contribution in [0.3, 0.4) is 0 Å². The van der Waals surface area contributed by atoms with Crippen LogP contribution in [0, 0.1) is 6.92 Å². The van der Waals surface area contributed by atoms with E-state index in [1.807, 2.05) is 0 Å². The summed E-state index contributed by atoms with van der Waals surface area (Å²) in [4.78, 5) is 3.72. The standard InChI is InChI=1S/C7H7BrF2N2/c1-3-2-4(8)5(6(9)10)7(11)12-3/h2,6H,1H3,(H2,11,12). The minimum absolute atomic E-state index is 0.114. The highest BCUT2D eigenvalue weighted by atomic mass is 79.9. The average Bonchev–Trinajstić information content (AvgIpc) is 1.82. The second-order valence-corrected chi connectivity index (χ2v) is 3.20. The quantitative estimate of drug-likeness (QED) is 0.815. The smallest absolute Gasteiger partial charge is 0.268 e. The number of anilines is 1. The molecule has 2 nitrogen and oxygen atoms in total. The van der Waals surface area contributed by atoms with E-state index in [4.69, 9.17) is 5.73 Å². The van der Waals surface area contributed by atoms with Crippen molar-refractivity contribution in [2.45, 2.75) is 13.3 Å². The van der Waals surface area contributed by atoms with Gasteiger partial charge in [-0.15, -0.1) is 0 Å². The Balaban J connectivity index is 3.28. The molecule has 5 heteroatoms. The Morgan fingerprint density at radius 2 is 2.17 bits per heavy atom. The number of aromatic nitrogens is 1. The van der Waals surface area contributed by atoms with Crippen molar-refractivity contribution >= 4 is 21.7 Å². The van der Waals surface area contributed by atoms with Gasteiger partial charge < -0.3 is 5.73 Å². The Kier molecular flexibility index (Phi) is 2.62. The molecule has 0 spiro atoms. The molecule has 0 aromatic carbocycles. The summed E-state index contributed by atoms with van der Waals surface area (Å²) in [6.45, 7) is 1.69. The first-order chi connectivity index (χ1) is 5.52. The molecule has 0 saturated heterocycles. The SMILES string of the molecule is Cc1cc(Br)c(C(F)F)c(N)n1. The predicted octanol–water partition coefficient (Wildman–Crippen LogP) is 2.67. The normalized spacial score (nSPS) is 10.8. The van der Waals surface area contributed by atoms with Gasteiger partial charge in [-0.25, -0.2) is 13.8 Å². The molecule has 0 atom stereocenters. The maximum atomic E-state index is 12.3. The van der Waals surface area contributed by atoms with Gasteiger partial charge in [-0.3, -0.25) is 0 Å². The zero-order valence-electron chi connectivity index (χ0n) is 6.31. The molecule has 0 aliphatic heterocycles. The molecule has 66 valence electrons. The van der Waals surface area contributed by atoms with Crippen LogP contribution < -0.4 is 5.73 Å². The highest BCUT2D eigenvalue weighted by Gasteiger charge is 2.16. The number of pyridine rings is 1. The van der Waals surface area contributed by atoms with E-state index in [0.29, 0.717) is 10.2 Å². The van der Waals surface area contributed by atoms with Crippen LogP contribution in [0.2, 0.25) is 0 Å². The number of alkyl halides is 2. The fourth-order valence-corrected chi connectivity index (χ4v) is 1.59. The Bertz CT molecular complexity index is 278. The molecular formula is C7H7BrF2N2. The van der Waals surface area contributed by atoms with Gasteiger partial charge >= 0.3 is 0 Å². The molecule has 1 heterocycles. The molecule has 0 fully saturated rings. The summed E-state index contributed by atoms with van der Waals surface area (Å²) in [6.07, 6.45) is -2.59. The van der Waals surface area contributed by atoms with Gasteiger partial charge in [0.05, 0.1) is 5.56 Å². The Morgan fingerprint density at radius 3 is 2.58 bits per heavy atom. The number of rotatable bonds is 1. The summed E-state index contributed by atoms with van der Waals surface area (Å²) in [5.74, 6) is -0.114. The number of nitrogens with zero attached hydrogens (tertiary/aromatic N) is 1. The number of aryl methyl sites for hydroxylation is 1. The Hall–Kier alpha value is -0.710. The highest BCUT2D eigenvalue weighted by molar-refractivity contribution is 9.10. The van der Waals surface area contributed by atoms with E-state index in [-0.39, 0.29) is 11.4 Å². The molecule has 0 amide bonds.